The van der Waals surface area contributed by atoms with Crippen molar-refractivity contribution in [3.63, 3.8) is 0 Å². The van der Waals surface area contributed by atoms with Gasteiger partial charge in [-0.15, -0.1) is 0 Å². The number of rotatable bonds is 4. The third-order valence-electron chi connectivity index (χ3n) is 9.89. The Balaban J connectivity index is 1.22. The van der Waals surface area contributed by atoms with Gasteiger partial charge in [-0.2, -0.15) is 0 Å². The number of anilines is 2. The van der Waals surface area contributed by atoms with E-state index in [1.807, 2.05) is 12.4 Å². The summed E-state index contributed by atoms with van der Waals surface area (Å²) >= 11 is 0. The highest BCUT2D eigenvalue weighted by Crippen LogP contribution is 2.53. The molecule has 2 aliphatic carbocycles. The van der Waals surface area contributed by atoms with Gasteiger partial charge < -0.3 is 15.2 Å². The lowest BCUT2D eigenvalue weighted by atomic mass is 9.71. The molecule has 4 heterocycles. The van der Waals surface area contributed by atoms with Crippen LogP contribution in [0.5, 0.6) is 0 Å². The average molecular weight is 499 g/mol. The second-order valence-electron chi connectivity index (χ2n) is 13.1. The SMILES string of the molecule is CC(C)n1cnc2cc(-c3ccc4c(c3)N([C@H]3C[C@@](C)(N5CCC6CC6C5)C3)C(=O)C4(C)C)nc(N)c21. The number of nitrogens with two attached hydrogens (primary N) is 1. The van der Waals surface area contributed by atoms with E-state index in [9.17, 15) is 4.79 Å². The summed E-state index contributed by atoms with van der Waals surface area (Å²) in [5, 5.41) is 0. The number of hydrogen-bond acceptors (Lipinski definition) is 5. The highest BCUT2D eigenvalue weighted by molar-refractivity contribution is 6.08. The maximum atomic E-state index is 13.8. The average Bonchev–Trinajstić information content (AvgIpc) is 3.44. The molecule has 3 aromatic rings. The molecule has 1 saturated heterocycles. The van der Waals surface area contributed by atoms with Crippen LogP contribution in [0.1, 0.15) is 71.9 Å². The summed E-state index contributed by atoms with van der Waals surface area (Å²) in [6.07, 6.45) is 6.69. The monoisotopic (exact) mass is 498 g/mol. The van der Waals surface area contributed by atoms with E-state index in [2.05, 4.69) is 72.2 Å². The largest absolute Gasteiger partial charge is 0.382 e. The van der Waals surface area contributed by atoms with Gasteiger partial charge in [0.15, 0.2) is 0 Å². The molecule has 2 aliphatic heterocycles. The van der Waals surface area contributed by atoms with Gasteiger partial charge in [-0.3, -0.25) is 9.69 Å². The lowest BCUT2D eigenvalue weighted by Crippen LogP contribution is -2.64. The molecule has 2 unspecified atom stereocenters. The summed E-state index contributed by atoms with van der Waals surface area (Å²) in [6.45, 7) is 13.2. The predicted octanol–water partition coefficient (Wildman–Crippen LogP) is 5.15. The van der Waals surface area contributed by atoms with Gasteiger partial charge in [0.25, 0.3) is 0 Å². The van der Waals surface area contributed by atoms with E-state index >= 15 is 0 Å². The topological polar surface area (TPSA) is 80.3 Å². The molecular weight excluding hydrogens is 460 g/mol. The molecule has 7 rings (SSSR count). The van der Waals surface area contributed by atoms with Crippen LogP contribution < -0.4 is 10.6 Å². The van der Waals surface area contributed by atoms with Crippen molar-refractivity contribution >= 4 is 28.4 Å². The van der Waals surface area contributed by atoms with Crippen LogP contribution in [-0.4, -0.2) is 50.0 Å². The molecule has 1 aromatic carbocycles. The molecular formula is C30H38N6O. The summed E-state index contributed by atoms with van der Waals surface area (Å²) in [7, 11) is 0. The van der Waals surface area contributed by atoms with Crippen LogP contribution in [0.4, 0.5) is 11.5 Å². The standard InChI is InChI=1S/C30H38N6O/c1-17(2)35-16-32-24-12-23(33-27(31)26(24)35)19-6-7-22-25(11-19)36(28(37)29(22,3)4)21-13-30(5,14-21)34-9-8-18-10-20(18)15-34/h6-7,11-12,16-18,20-21H,8-10,13-15H2,1-5H3,(H2,31,33)/t18?,20?,21-,30+. The molecule has 2 aromatic heterocycles. The molecule has 0 radical (unpaired) electrons. The maximum Gasteiger partial charge on any atom is 0.237 e. The number of aromatic nitrogens is 3. The highest BCUT2D eigenvalue weighted by Gasteiger charge is 2.56. The zero-order valence-electron chi connectivity index (χ0n) is 22.7. The van der Waals surface area contributed by atoms with Gasteiger partial charge in [0.2, 0.25) is 5.91 Å². The number of hydrogen-bond donors (Lipinski definition) is 1. The molecule has 4 aliphatic rings. The van der Waals surface area contributed by atoms with Crippen molar-refractivity contribution in [2.75, 3.05) is 23.7 Å². The van der Waals surface area contributed by atoms with Crippen LogP contribution in [0.2, 0.25) is 0 Å². The Bertz CT molecular complexity index is 1430. The van der Waals surface area contributed by atoms with E-state index in [1.54, 1.807) is 0 Å². The van der Waals surface area contributed by atoms with Crippen LogP contribution in [0.15, 0.2) is 30.6 Å². The van der Waals surface area contributed by atoms with Gasteiger partial charge in [-0.1, -0.05) is 12.1 Å². The van der Waals surface area contributed by atoms with Crippen molar-refractivity contribution in [2.24, 2.45) is 11.8 Å². The van der Waals surface area contributed by atoms with E-state index in [0.29, 0.717) is 5.82 Å². The Morgan fingerprint density at radius 2 is 1.89 bits per heavy atom. The Morgan fingerprint density at radius 3 is 2.62 bits per heavy atom. The number of pyridine rings is 1. The summed E-state index contributed by atoms with van der Waals surface area (Å²) in [5.41, 5.74) is 11.7. The van der Waals surface area contributed by atoms with Gasteiger partial charge in [0.1, 0.15) is 11.3 Å². The van der Waals surface area contributed by atoms with E-state index in [4.69, 9.17) is 10.7 Å². The first-order chi connectivity index (χ1) is 17.6. The van der Waals surface area contributed by atoms with E-state index in [0.717, 1.165) is 58.2 Å². The van der Waals surface area contributed by atoms with Gasteiger partial charge in [0.05, 0.1) is 23.0 Å². The van der Waals surface area contributed by atoms with Crippen molar-refractivity contribution in [2.45, 2.75) is 83.3 Å². The maximum absolute atomic E-state index is 13.8. The molecule has 2 saturated carbocycles. The molecule has 2 N–H and O–H groups in total. The predicted molar refractivity (Wildman–Crippen MR) is 147 cm³/mol. The van der Waals surface area contributed by atoms with Gasteiger partial charge in [-0.25, -0.2) is 9.97 Å². The third-order valence-corrected chi connectivity index (χ3v) is 9.89. The zero-order chi connectivity index (χ0) is 25.9. The number of amides is 1. The highest BCUT2D eigenvalue weighted by atomic mass is 16.2. The Morgan fingerprint density at radius 1 is 1.11 bits per heavy atom. The molecule has 37 heavy (non-hydrogen) atoms. The van der Waals surface area contributed by atoms with E-state index in [1.165, 1.54) is 25.9 Å². The minimum Gasteiger partial charge on any atom is -0.382 e. The van der Waals surface area contributed by atoms with Crippen molar-refractivity contribution in [1.82, 2.24) is 19.4 Å². The minimum absolute atomic E-state index is 0.208. The van der Waals surface area contributed by atoms with Gasteiger partial charge in [0, 0.05) is 35.4 Å². The summed E-state index contributed by atoms with van der Waals surface area (Å²) in [4.78, 5) is 28.0. The number of piperidine rings is 1. The number of carbonyl (C=O) groups is 1. The number of benzene rings is 1. The first-order valence-corrected chi connectivity index (χ1v) is 13.9. The van der Waals surface area contributed by atoms with Crippen molar-refractivity contribution < 1.29 is 4.79 Å². The third kappa shape index (κ3) is 3.32. The molecule has 2 atom stereocenters. The molecule has 0 bridgehead atoms. The van der Waals surface area contributed by atoms with Gasteiger partial charge >= 0.3 is 0 Å². The fourth-order valence-electron chi connectivity index (χ4n) is 7.41. The molecule has 7 heteroatoms. The van der Waals surface area contributed by atoms with Gasteiger partial charge in [-0.05, 0) is 96.4 Å². The number of carbonyl (C=O) groups excluding carboxylic acids is 1. The minimum atomic E-state index is -0.529. The molecule has 0 spiro atoms. The Labute approximate surface area is 219 Å². The first kappa shape index (κ1) is 23.2. The molecule has 194 valence electrons. The molecule has 3 fully saturated rings. The van der Waals surface area contributed by atoms with Crippen LogP contribution >= 0.6 is 0 Å². The van der Waals surface area contributed by atoms with Crippen molar-refractivity contribution in [3.8, 4) is 11.3 Å². The lowest BCUT2D eigenvalue weighted by Gasteiger charge is -2.55. The van der Waals surface area contributed by atoms with Crippen LogP contribution in [0, 0.1) is 11.8 Å². The molecule has 7 nitrogen and oxygen atoms in total. The summed E-state index contributed by atoms with van der Waals surface area (Å²) in [5.74, 6) is 2.61. The molecule has 1 amide bonds. The van der Waals surface area contributed by atoms with E-state index in [-0.39, 0.29) is 23.5 Å². The first-order valence-electron chi connectivity index (χ1n) is 13.9. The second-order valence-corrected chi connectivity index (χ2v) is 13.1. The number of nitrogens with zero attached hydrogens (tertiary/aromatic N) is 5. The Hall–Kier alpha value is -2.93. The number of imidazole rings is 1. The number of likely N-dealkylation sites (tertiary alicyclic amines) is 1. The fourth-order valence-corrected chi connectivity index (χ4v) is 7.41. The van der Waals surface area contributed by atoms with Crippen LogP contribution in [-0.2, 0) is 10.2 Å². The number of fused-ring (bicyclic) bond motifs is 3. The van der Waals surface area contributed by atoms with Crippen LogP contribution in [0.3, 0.4) is 0 Å². The Kier molecular flexibility index (Phi) is 4.74. The number of nitrogen functional groups attached to an aromatic ring is 1. The fraction of sp³-hybridized carbons (Fsp3) is 0.567. The quantitative estimate of drug-likeness (QED) is 0.538. The van der Waals surface area contributed by atoms with E-state index < -0.39 is 5.41 Å². The van der Waals surface area contributed by atoms with Crippen molar-refractivity contribution in [1.29, 1.82) is 0 Å². The van der Waals surface area contributed by atoms with Crippen molar-refractivity contribution in [3.05, 3.63) is 36.2 Å². The smallest absolute Gasteiger partial charge is 0.237 e. The van der Waals surface area contributed by atoms with Crippen LogP contribution in [0.25, 0.3) is 22.3 Å². The second kappa shape index (κ2) is 7.56. The summed E-state index contributed by atoms with van der Waals surface area (Å²) < 4.78 is 2.06. The lowest BCUT2D eigenvalue weighted by molar-refractivity contribution is -0.123. The summed E-state index contributed by atoms with van der Waals surface area (Å²) in [6, 6.07) is 8.86. The normalized spacial score (nSPS) is 30.5. The zero-order valence-corrected chi connectivity index (χ0v) is 22.7.